The van der Waals surface area contributed by atoms with E-state index in [1.165, 1.54) is 6.08 Å². The zero-order chi connectivity index (χ0) is 27.8. The number of nitrogens with one attached hydrogen (secondary N) is 1. The maximum Gasteiger partial charge on any atom is 0.246 e. The van der Waals surface area contributed by atoms with Crippen molar-refractivity contribution in [3.05, 3.63) is 65.9 Å². The van der Waals surface area contributed by atoms with Crippen molar-refractivity contribution < 1.29 is 14.6 Å². The zero-order valence-corrected chi connectivity index (χ0v) is 22.8. The van der Waals surface area contributed by atoms with E-state index in [1.54, 1.807) is 11.0 Å². The molecule has 1 atom stereocenters. The number of phenolic OH excluding ortho intramolecular Hbond substituents is 1. The van der Waals surface area contributed by atoms with E-state index >= 15 is 0 Å². The van der Waals surface area contributed by atoms with Crippen molar-refractivity contribution in [1.29, 1.82) is 5.26 Å². The summed E-state index contributed by atoms with van der Waals surface area (Å²) in [5.41, 5.74) is 4.00. The summed E-state index contributed by atoms with van der Waals surface area (Å²) >= 11 is 0. The standard InChI is InChI=1S/C31H34N6O3/c1-3-29(39)37-16-21(17-37)33-30-25-10-12-36(28-14-23(38)13-20-7-4-5-9-24(20)28)18-27(25)34-31(26(30)15-32)40-19-22-8-6-11-35(22)2/h3-5,7,9,13-14,21-22,38H,1,6,8,10-12,16-19H2,2H3,(H,33,34)/t22-/m0/s1. The number of likely N-dealkylation sites (N-methyl/N-ethyl adjacent to an activating group) is 1. The van der Waals surface area contributed by atoms with Crippen molar-refractivity contribution in [1.82, 2.24) is 14.8 Å². The first-order chi connectivity index (χ1) is 19.4. The van der Waals surface area contributed by atoms with Crippen LogP contribution in [0.2, 0.25) is 0 Å². The molecule has 3 aliphatic rings. The third kappa shape index (κ3) is 4.80. The first-order valence-electron chi connectivity index (χ1n) is 13.9. The Morgan fingerprint density at radius 3 is 2.88 bits per heavy atom. The van der Waals surface area contributed by atoms with Crippen molar-refractivity contribution in [3.63, 3.8) is 0 Å². The number of anilines is 2. The number of amides is 1. The smallest absolute Gasteiger partial charge is 0.246 e. The Hall–Kier alpha value is -4.29. The molecule has 3 aromatic rings. The summed E-state index contributed by atoms with van der Waals surface area (Å²) in [6.45, 7) is 7.43. The van der Waals surface area contributed by atoms with Crippen LogP contribution in [0.1, 0.15) is 29.7 Å². The zero-order valence-electron chi connectivity index (χ0n) is 22.8. The molecule has 206 valence electrons. The van der Waals surface area contributed by atoms with Gasteiger partial charge in [-0.15, -0.1) is 0 Å². The molecule has 2 saturated heterocycles. The minimum atomic E-state index is -0.0889. The van der Waals surface area contributed by atoms with E-state index in [9.17, 15) is 15.2 Å². The lowest BCUT2D eigenvalue weighted by atomic mass is 9.97. The monoisotopic (exact) mass is 538 g/mol. The Bertz CT molecular complexity index is 1510. The largest absolute Gasteiger partial charge is 0.508 e. The molecule has 0 saturated carbocycles. The molecule has 0 unspecified atom stereocenters. The predicted octanol–water partition coefficient (Wildman–Crippen LogP) is 3.66. The number of hydrogen-bond acceptors (Lipinski definition) is 8. The Morgan fingerprint density at radius 1 is 1.30 bits per heavy atom. The van der Waals surface area contributed by atoms with Crippen LogP contribution in [0.5, 0.6) is 11.6 Å². The van der Waals surface area contributed by atoms with E-state index in [0.29, 0.717) is 56.7 Å². The number of ether oxygens (including phenoxy) is 1. The number of fused-ring (bicyclic) bond motifs is 2. The molecule has 0 spiro atoms. The molecule has 0 radical (unpaired) electrons. The number of carbonyl (C=O) groups is 1. The third-order valence-electron chi connectivity index (χ3n) is 8.40. The van der Waals surface area contributed by atoms with Crippen molar-refractivity contribution in [2.24, 2.45) is 0 Å². The topological polar surface area (TPSA) is 105 Å². The van der Waals surface area contributed by atoms with E-state index in [2.05, 4.69) is 40.9 Å². The first-order valence-corrected chi connectivity index (χ1v) is 13.9. The Balaban J connectivity index is 1.34. The van der Waals surface area contributed by atoms with Crippen LogP contribution >= 0.6 is 0 Å². The quantitative estimate of drug-likeness (QED) is 0.439. The normalized spacial score (nSPS) is 19.1. The van der Waals surface area contributed by atoms with Gasteiger partial charge in [0.1, 0.15) is 24.0 Å². The second kappa shape index (κ2) is 10.7. The van der Waals surface area contributed by atoms with Gasteiger partial charge >= 0.3 is 0 Å². The lowest BCUT2D eigenvalue weighted by molar-refractivity contribution is -0.129. The first kappa shape index (κ1) is 26.0. The van der Waals surface area contributed by atoms with Gasteiger partial charge in [-0.25, -0.2) is 4.98 Å². The fourth-order valence-electron chi connectivity index (χ4n) is 6.11. The van der Waals surface area contributed by atoms with Gasteiger partial charge in [0.25, 0.3) is 0 Å². The number of aromatic hydroxyl groups is 1. The van der Waals surface area contributed by atoms with Gasteiger partial charge in [-0.2, -0.15) is 5.26 Å². The summed E-state index contributed by atoms with van der Waals surface area (Å²) in [4.78, 5) is 23.2. The van der Waals surface area contributed by atoms with Crippen LogP contribution in [0.3, 0.4) is 0 Å². The van der Waals surface area contributed by atoms with Crippen molar-refractivity contribution in [2.75, 3.05) is 50.1 Å². The number of aromatic nitrogens is 1. The average Bonchev–Trinajstić information content (AvgIpc) is 3.36. The van der Waals surface area contributed by atoms with Gasteiger partial charge in [0.15, 0.2) is 0 Å². The van der Waals surface area contributed by atoms with Crippen LogP contribution in [-0.4, -0.2) is 77.7 Å². The SMILES string of the molecule is C=CC(=O)N1CC(Nc2c(C#N)c(OC[C@@H]3CCCN3C)nc3c2CCN(c2cc(O)cc4ccccc24)C3)C1. The van der Waals surface area contributed by atoms with Crippen LogP contribution in [0.4, 0.5) is 11.4 Å². The number of pyridine rings is 1. The van der Waals surface area contributed by atoms with Gasteiger partial charge in [0.2, 0.25) is 11.8 Å². The number of nitrogens with zero attached hydrogens (tertiary/aromatic N) is 5. The highest BCUT2D eigenvalue weighted by atomic mass is 16.5. The molecule has 2 fully saturated rings. The number of rotatable bonds is 7. The Kier molecular flexibility index (Phi) is 6.95. The summed E-state index contributed by atoms with van der Waals surface area (Å²) in [6, 6.07) is 14.3. The molecule has 9 heteroatoms. The molecule has 3 aliphatic heterocycles. The fraction of sp³-hybridized carbons (Fsp3) is 0.387. The molecule has 0 aliphatic carbocycles. The molecule has 9 nitrogen and oxygen atoms in total. The molecular formula is C31H34N6O3. The number of hydrogen-bond donors (Lipinski definition) is 2. The lowest BCUT2D eigenvalue weighted by Crippen LogP contribution is -2.56. The molecule has 4 heterocycles. The lowest BCUT2D eigenvalue weighted by Gasteiger charge is -2.40. The summed E-state index contributed by atoms with van der Waals surface area (Å²) in [6.07, 6.45) is 4.20. The highest BCUT2D eigenvalue weighted by Crippen LogP contribution is 2.39. The maximum atomic E-state index is 12.0. The van der Waals surface area contributed by atoms with Crippen molar-refractivity contribution >= 4 is 28.1 Å². The van der Waals surface area contributed by atoms with Crippen molar-refractivity contribution in [3.8, 4) is 17.7 Å². The molecule has 2 aromatic carbocycles. The van der Waals surface area contributed by atoms with E-state index in [4.69, 9.17) is 9.72 Å². The molecular weight excluding hydrogens is 504 g/mol. The number of phenols is 1. The fourth-order valence-corrected chi connectivity index (χ4v) is 6.11. The van der Waals surface area contributed by atoms with E-state index in [0.717, 1.165) is 52.8 Å². The second-order valence-electron chi connectivity index (χ2n) is 10.9. The van der Waals surface area contributed by atoms with Crippen LogP contribution in [0, 0.1) is 11.3 Å². The predicted molar refractivity (Wildman–Crippen MR) is 155 cm³/mol. The molecule has 2 N–H and O–H groups in total. The number of nitriles is 1. The number of likely N-dealkylation sites (tertiary alicyclic amines) is 2. The molecule has 1 aromatic heterocycles. The van der Waals surface area contributed by atoms with E-state index < -0.39 is 0 Å². The molecule has 40 heavy (non-hydrogen) atoms. The van der Waals surface area contributed by atoms with Crippen molar-refractivity contribution in [2.45, 2.75) is 37.9 Å². The van der Waals surface area contributed by atoms with E-state index in [1.807, 2.05) is 24.3 Å². The highest BCUT2D eigenvalue weighted by molar-refractivity contribution is 5.95. The molecule has 0 bridgehead atoms. The highest BCUT2D eigenvalue weighted by Gasteiger charge is 2.33. The van der Waals surface area contributed by atoms with Gasteiger partial charge in [0, 0.05) is 48.4 Å². The number of benzene rings is 2. The van der Waals surface area contributed by atoms with Crippen LogP contribution in [-0.2, 0) is 17.8 Å². The average molecular weight is 539 g/mol. The van der Waals surface area contributed by atoms with Crippen LogP contribution < -0.4 is 15.0 Å². The summed E-state index contributed by atoms with van der Waals surface area (Å²) in [5, 5.41) is 26.3. The maximum absolute atomic E-state index is 12.0. The Labute approximate surface area is 234 Å². The van der Waals surface area contributed by atoms with Crippen LogP contribution in [0.25, 0.3) is 10.8 Å². The molecule has 6 rings (SSSR count). The van der Waals surface area contributed by atoms with Gasteiger partial charge in [-0.3, -0.25) is 4.79 Å². The third-order valence-corrected chi connectivity index (χ3v) is 8.40. The van der Waals surface area contributed by atoms with E-state index in [-0.39, 0.29) is 17.7 Å². The van der Waals surface area contributed by atoms with Gasteiger partial charge in [0.05, 0.1) is 24.0 Å². The number of carbonyl (C=O) groups excluding carboxylic acids is 1. The summed E-state index contributed by atoms with van der Waals surface area (Å²) in [7, 11) is 2.10. The summed E-state index contributed by atoms with van der Waals surface area (Å²) < 4.78 is 6.28. The molecule has 1 amide bonds. The second-order valence-corrected chi connectivity index (χ2v) is 10.9. The minimum Gasteiger partial charge on any atom is -0.508 e. The van der Waals surface area contributed by atoms with Crippen LogP contribution in [0.15, 0.2) is 49.1 Å². The van der Waals surface area contributed by atoms with Gasteiger partial charge < -0.3 is 29.9 Å². The Morgan fingerprint density at radius 2 is 2.12 bits per heavy atom. The van der Waals surface area contributed by atoms with Gasteiger partial charge in [-0.05, 0) is 50.4 Å². The summed E-state index contributed by atoms with van der Waals surface area (Å²) in [5.74, 6) is 0.488. The van der Waals surface area contributed by atoms with Gasteiger partial charge in [-0.1, -0.05) is 30.8 Å². The minimum absolute atomic E-state index is 0.0318.